The molecule has 0 aromatic carbocycles. The van der Waals surface area contributed by atoms with Crippen molar-refractivity contribution in [2.45, 2.75) is 33.6 Å². The third kappa shape index (κ3) is 2.30. The molecule has 0 atom stereocenters. The van der Waals surface area contributed by atoms with E-state index < -0.39 is 0 Å². The van der Waals surface area contributed by atoms with Crippen LogP contribution >= 0.6 is 0 Å². The Morgan fingerprint density at radius 2 is 2.10 bits per heavy atom. The highest BCUT2D eigenvalue weighted by molar-refractivity contribution is 5.83. The molecule has 0 bridgehead atoms. The molecule has 6 nitrogen and oxygen atoms in total. The standard InChI is InChI=1S/C14H22N6/c1-4-15-13-19-11(10-12(20-13)18-8-17-10)16-7-14(5-6-14)9(2)3/h8-9H,4-7H2,1-3H3,(H3,15,16,17,18,19,20). The van der Waals surface area contributed by atoms with Crippen LogP contribution in [0.1, 0.15) is 33.6 Å². The molecular formula is C14H22N6. The van der Waals surface area contributed by atoms with Crippen molar-refractivity contribution in [1.82, 2.24) is 19.9 Å². The molecule has 0 unspecified atom stereocenters. The first-order valence-electron chi connectivity index (χ1n) is 7.33. The van der Waals surface area contributed by atoms with Gasteiger partial charge in [-0.15, -0.1) is 0 Å². The van der Waals surface area contributed by atoms with Gasteiger partial charge in [-0.2, -0.15) is 9.97 Å². The number of H-pyrrole nitrogens is 1. The first-order valence-corrected chi connectivity index (χ1v) is 7.33. The van der Waals surface area contributed by atoms with Crippen LogP contribution in [0.2, 0.25) is 0 Å². The van der Waals surface area contributed by atoms with E-state index in [0.717, 1.165) is 24.4 Å². The second-order valence-corrected chi connectivity index (χ2v) is 5.90. The van der Waals surface area contributed by atoms with Crippen LogP contribution in [0.25, 0.3) is 11.2 Å². The summed E-state index contributed by atoms with van der Waals surface area (Å²) in [5.74, 6) is 2.17. The maximum absolute atomic E-state index is 4.55. The number of rotatable bonds is 6. The van der Waals surface area contributed by atoms with Gasteiger partial charge in [0.05, 0.1) is 6.33 Å². The highest BCUT2D eigenvalue weighted by Crippen LogP contribution is 2.51. The van der Waals surface area contributed by atoms with Gasteiger partial charge in [0, 0.05) is 13.1 Å². The van der Waals surface area contributed by atoms with E-state index in [1.165, 1.54) is 12.8 Å². The topological polar surface area (TPSA) is 78.5 Å². The maximum Gasteiger partial charge on any atom is 0.226 e. The molecule has 0 amide bonds. The lowest BCUT2D eigenvalue weighted by Gasteiger charge is -2.20. The average molecular weight is 274 g/mol. The fraction of sp³-hybridized carbons (Fsp3) is 0.643. The second-order valence-electron chi connectivity index (χ2n) is 5.90. The average Bonchev–Trinajstić information content (AvgIpc) is 3.07. The molecule has 6 heteroatoms. The number of imidazole rings is 1. The van der Waals surface area contributed by atoms with Crippen molar-refractivity contribution >= 4 is 22.9 Å². The molecule has 0 spiro atoms. The lowest BCUT2D eigenvalue weighted by molar-refractivity contribution is 0.380. The number of aromatic nitrogens is 4. The summed E-state index contributed by atoms with van der Waals surface area (Å²) < 4.78 is 0. The normalized spacial score (nSPS) is 16.6. The van der Waals surface area contributed by atoms with Crippen LogP contribution in [0.4, 0.5) is 11.8 Å². The molecule has 108 valence electrons. The van der Waals surface area contributed by atoms with E-state index in [1.54, 1.807) is 6.33 Å². The van der Waals surface area contributed by atoms with Crippen LogP contribution in [0, 0.1) is 11.3 Å². The van der Waals surface area contributed by atoms with Crippen molar-refractivity contribution in [3.05, 3.63) is 6.33 Å². The molecule has 20 heavy (non-hydrogen) atoms. The number of hydrogen-bond donors (Lipinski definition) is 3. The van der Waals surface area contributed by atoms with Gasteiger partial charge in [0.15, 0.2) is 11.5 Å². The highest BCUT2D eigenvalue weighted by Gasteiger charge is 2.45. The molecule has 1 saturated carbocycles. The number of hydrogen-bond acceptors (Lipinski definition) is 5. The van der Waals surface area contributed by atoms with E-state index in [2.05, 4.69) is 44.4 Å². The molecule has 3 N–H and O–H groups in total. The zero-order valence-corrected chi connectivity index (χ0v) is 12.3. The Labute approximate surface area is 118 Å². The lowest BCUT2D eigenvalue weighted by Crippen LogP contribution is -2.21. The van der Waals surface area contributed by atoms with Crippen molar-refractivity contribution in [1.29, 1.82) is 0 Å². The van der Waals surface area contributed by atoms with Gasteiger partial charge in [0.25, 0.3) is 0 Å². The summed E-state index contributed by atoms with van der Waals surface area (Å²) in [7, 11) is 0. The van der Waals surface area contributed by atoms with Gasteiger partial charge in [-0.05, 0) is 31.1 Å². The molecule has 1 aliphatic carbocycles. The van der Waals surface area contributed by atoms with E-state index >= 15 is 0 Å². The predicted molar refractivity (Wildman–Crippen MR) is 80.8 cm³/mol. The zero-order chi connectivity index (χ0) is 14.2. The van der Waals surface area contributed by atoms with Crippen molar-refractivity contribution in [3.8, 4) is 0 Å². The number of nitrogens with zero attached hydrogens (tertiary/aromatic N) is 3. The monoisotopic (exact) mass is 274 g/mol. The Balaban J connectivity index is 1.84. The van der Waals surface area contributed by atoms with Crippen molar-refractivity contribution in [2.24, 2.45) is 11.3 Å². The lowest BCUT2D eigenvalue weighted by atomic mass is 9.92. The molecule has 0 radical (unpaired) electrons. The summed E-state index contributed by atoms with van der Waals surface area (Å²) in [4.78, 5) is 16.3. The SMILES string of the molecule is CCNc1nc(NCC2(C(C)C)CC2)c2[nH]cnc2n1. The number of aromatic amines is 1. The number of nitrogens with one attached hydrogen (secondary N) is 3. The summed E-state index contributed by atoms with van der Waals surface area (Å²) in [6.07, 6.45) is 4.26. The van der Waals surface area contributed by atoms with E-state index in [9.17, 15) is 0 Å². The van der Waals surface area contributed by atoms with E-state index in [-0.39, 0.29) is 0 Å². The van der Waals surface area contributed by atoms with Crippen molar-refractivity contribution < 1.29 is 0 Å². The Morgan fingerprint density at radius 1 is 1.30 bits per heavy atom. The van der Waals surface area contributed by atoms with Gasteiger partial charge in [-0.25, -0.2) is 4.98 Å². The molecule has 1 aliphatic rings. The Bertz CT molecular complexity index is 599. The second kappa shape index (κ2) is 4.92. The predicted octanol–water partition coefficient (Wildman–Crippen LogP) is 2.63. The molecule has 1 fully saturated rings. The van der Waals surface area contributed by atoms with Gasteiger partial charge in [0.1, 0.15) is 5.52 Å². The van der Waals surface area contributed by atoms with Gasteiger partial charge >= 0.3 is 0 Å². The van der Waals surface area contributed by atoms with Gasteiger partial charge in [-0.3, -0.25) is 0 Å². The van der Waals surface area contributed by atoms with Crippen molar-refractivity contribution in [3.63, 3.8) is 0 Å². The summed E-state index contributed by atoms with van der Waals surface area (Å²) in [5, 5.41) is 6.64. The Morgan fingerprint density at radius 3 is 2.75 bits per heavy atom. The quantitative estimate of drug-likeness (QED) is 0.754. The first-order chi connectivity index (χ1) is 9.64. The zero-order valence-electron chi connectivity index (χ0n) is 12.3. The van der Waals surface area contributed by atoms with E-state index in [0.29, 0.717) is 22.9 Å². The third-order valence-corrected chi connectivity index (χ3v) is 4.35. The molecule has 2 aromatic rings. The largest absolute Gasteiger partial charge is 0.368 e. The minimum Gasteiger partial charge on any atom is -0.368 e. The Hall–Kier alpha value is -1.85. The maximum atomic E-state index is 4.55. The summed E-state index contributed by atoms with van der Waals surface area (Å²) in [5.41, 5.74) is 2.02. The van der Waals surface area contributed by atoms with Crippen LogP contribution in [-0.4, -0.2) is 33.0 Å². The minimum absolute atomic E-state index is 0.440. The molecule has 2 aromatic heterocycles. The molecule has 0 saturated heterocycles. The van der Waals surface area contributed by atoms with Crippen LogP contribution in [0.15, 0.2) is 6.33 Å². The van der Waals surface area contributed by atoms with E-state index in [1.807, 2.05) is 6.92 Å². The van der Waals surface area contributed by atoms with Gasteiger partial charge < -0.3 is 15.6 Å². The smallest absolute Gasteiger partial charge is 0.226 e. The van der Waals surface area contributed by atoms with Gasteiger partial charge in [0.2, 0.25) is 5.95 Å². The summed E-state index contributed by atoms with van der Waals surface area (Å²) in [6.45, 7) is 8.38. The van der Waals surface area contributed by atoms with Crippen molar-refractivity contribution in [2.75, 3.05) is 23.7 Å². The van der Waals surface area contributed by atoms with Crippen LogP contribution in [0.5, 0.6) is 0 Å². The molecular weight excluding hydrogens is 252 g/mol. The summed E-state index contributed by atoms with van der Waals surface area (Å²) >= 11 is 0. The van der Waals surface area contributed by atoms with Crippen LogP contribution in [0.3, 0.4) is 0 Å². The molecule has 0 aliphatic heterocycles. The number of anilines is 2. The third-order valence-electron chi connectivity index (χ3n) is 4.35. The van der Waals surface area contributed by atoms with Crippen LogP contribution < -0.4 is 10.6 Å². The highest BCUT2D eigenvalue weighted by atomic mass is 15.2. The Kier molecular flexibility index (Phi) is 3.23. The van der Waals surface area contributed by atoms with E-state index in [4.69, 9.17) is 0 Å². The first kappa shape index (κ1) is 13.1. The number of fused-ring (bicyclic) bond motifs is 1. The fourth-order valence-corrected chi connectivity index (χ4v) is 2.58. The summed E-state index contributed by atoms with van der Waals surface area (Å²) in [6, 6.07) is 0. The van der Waals surface area contributed by atoms with Gasteiger partial charge in [-0.1, -0.05) is 13.8 Å². The molecule has 3 rings (SSSR count). The minimum atomic E-state index is 0.440. The molecule has 2 heterocycles. The fourth-order valence-electron chi connectivity index (χ4n) is 2.58. The van der Waals surface area contributed by atoms with Crippen LogP contribution in [-0.2, 0) is 0 Å².